The van der Waals surface area contributed by atoms with Crippen molar-refractivity contribution in [1.29, 1.82) is 0 Å². The molecule has 15 heavy (non-hydrogen) atoms. The summed E-state index contributed by atoms with van der Waals surface area (Å²) in [4.78, 5) is 11.3. The Morgan fingerprint density at radius 2 is 2.07 bits per heavy atom. The van der Waals surface area contributed by atoms with Crippen molar-refractivity contribution in [2.45, 2.75) is 26.1 Å². The van der Waals surface area contributed by atoms with Crippen LogP contribution in [-0.4, -0.2) is 18.7 Å². The predicted octanol–water partition coefficient (Wildman–Crippen LogP) is 2.00. The van der Waals surface area contributed by atoms with Gasteiger partial charge in [0.25, 0.3) is 0 Å². The lowest BCUT2D eigenvalue weighted by atomic mass is 10.1. The SMILES string of the molecule is CCOC(=O)[C@H]1O[C@@H]1c1ccc(C)cc1. The van der Waals surface area contributed by atoms with Gasteiger partial charge in [-0.05, 0) is 19.4 Å². The van der Waals surface area contributed by atoms with E-state index in [4.69, 9.17) is 9.47 Å². The van der Waals surface area contributed by atoms with Crippen LogP contribution in [0.15, 0.2) is 24.3 Å². The van der Waals surface area contributed by atoms with Crippen LogP contribution in [0.25, 0.3) is 0 Å². The summed E-state index contributed by atoms with van der Waals surface area (Å²) in [5, 5.41) is 0. The van der Waals surface area contributed by atoms with Crippen LogP contribution < -0.4 is 0 Å². The van der Waals surface area contributed by atoms with Crippen molar-refractivity contribution in [1.82, 2.24) is 0 Å². The molecule has 0 radical (unpaired) electrons. The molecule has 1 aromatic rings. The van der Waals surface area contributed by atoms with Crippen LogP contribution in [0.4, 0.5) is 0 Å². The zero-order valence-corrected chi connectivity index (χ0v) is 8.90. The second kappa shape index (κ2) is 4.03. The van der Waals surface area contributed by atoms with E-state index in [9.17, 15) is 4.79 Å². The fraction of sp³-hybridized carbons (Fsp3) is 0.417. The van der Waals surface area contributed by atoms with Crippen LogP contribution in [0.5, 0.6) is 0 Å². The molecule has 0 aliphatic carbocycles. The van der Waals surface area contributed by atoms with Crippen molar-refractivity contribution in [2.24, 2.45) is 0 Å². The Morgan fingerprint density at radius 1 is 1.40 bits per heavy atom. The number of hydrogen-bond acceptors (Lipinski definition) is 3. The van der Waals surface area contributed by atoms with E-state index in [1.165, 1.54) is 5.56 Å². The van der Waals surface area contributed by atoms with Crippen molar-refractivity contribution in [3.63, 3.8) is 0 Å². The fourth-order valence-electron chi connectivity index (χ4n) is 1.53. The molecule has 0 saturated carbocycles. The number of rotatable bonds is 3. The van der Waals surface area contributed by atoms with E-state index in [-0.39, 0.29) is 12.1 Å². The molecule has 1 aliphatic heterocycles. The average Bonchev–Trinajstić information content (AvgIpc) is 2.99. The van der Waals surface area contributed by atoms with E-state index in [1.807, 2.05) is 31.2 Å². The van der Waals surface area contributed by atoms with E-state index in [2.05, 4.69) is 0 Å². The molecule has 0 amide bonds. The van der Waals surface area contributed by atoms with E-state index in [0.29, 0.717) is 6.61 Å². The molecule has 1 fully saturated rings. The molecule has 1 saturated heterocycles. The Kier molecular flexibility index (Phi) is 2.73. The third-order valence-corrected chi connectivity index (χ3v) is 2.42. The molecule has 0 aromatic heterocycles. The molecule has 1 aromatic carbocycles. The first-order valence-electron chi connectivity index (χ1n) is 5.11. The maximum atomic E-state index is 11.3. The fourth-order valence-corrected chi connectivity index (χ4v) is 1.53. The van der Waals surface area contributed by atoms with Crippen LogP contribution in [0.2, 0.25) is 0 Å². The standard InChI is InChI=1S/C12H14O3/c1-3-14-12(13)11-10(15-11)9-6-4-8(2)5-7-9/h4-7,10-11H,3H2,1-2H3/t10-,11+/m1/s1. The summed E-state index contributed by atoms with van der Waals surface area (Å²) in [6.45, 7) is 4.22. The molecule has 0 unspecified atom stereocenters. The Bertz CT molecular complexity index is 356. The Balaban J connectivity index is 1.98. The van der Waals surface area contributed by atoms with Gasteiger partial charge in [0, 0.05) is 0 Å². The summed E-state index contributed by atoms with van der Waals surface area (Å²) in [6.07, 6.45) is -0.502. The Morgan fingerprint density at radius 3 is 2.67 bits per heavy atom. The summed E-state index contributed by atoms with van der Waals surface area (Å²) < 4.78 is 10.2. The average molecular weight is 206 g/mol. The summed E-state index contributed by atoms with van der Waals surface area (Å²) in [6, 6.07) is 8.00. The van der Waals surface area contributed by atoms with Crippen molar-refractivity contribution < 1.29 is 14.3 Å². The zero-order valence-electron chi connectivity index (χ0n) is 8.90. The number of carbonyl (C=O) groups excluding carboxylic acids is 1. The van der Waals surface area contributed by atoms with Gasteiger partial charge in [-0.15, -0.1) is 0 Å². The number of benzene rings is 1. The lowest BCUT2D eigenvalue weighted by molar-refractivity contribution is -0.144. The van der Waals surface area contributed by atoms with Crippen LogP contribution in [0.1, 0.15) is 24.2 Å². The lowest BCUT2D eigenvalue weighted by Crippen LogP contribution is -2.11. The van der Waals surface area contributed by atoms with Gasteiger partial charge in [-0.1, -0.05) is 29.8 Å². The van der Waals surface area contributed by atoms with Crippen molar-refractivity contribution in [3.05, 3.63) is 35.4 Å². The number of carbonyl (C=O) groups is 1. The molecule has 0 spiro atoms. The molecule has 2 rings (SSSR count). The second-order valence-electron chi connectivity index (χ2n) is 3.64. The van der Waals surface area contributed by atoms with Crippen LogP contribution in [-0.2, 0) is 14.3 Å². The van der Waals surface area contributed by atoms with Gasteiger partial charge in [0.15, 0.2) is 6.10 Å². The first-order chi connectivity index (χ1) is 7.22. The minimum atomic E-state index is -0.396. The Hall–Kier alpha value is -1.35. The minimum Gasteiger partial charge on any atom is -0.464 e. The molecule has 2 atom stereocenters. The lowest BCUT2D eigenvalue weighted by Gasteiger charge is -1.98. The molecular formula is C12H14O3. The van der Waals surface area contributed by atoms with Gasteiger partial charge < -0.3 is 9.47 Å². The minimum absolute atomic E-state index is 0.107. The van der Waals surface area contributed by atoms with Gasteiger partial charge in [-0.3, -0.25) is 0 Å². The maximum absolute atomic E-state index is 11.3. The van der Waals surface area contributed by atoms with Crippen LogP contribution in [0, 0.1) is 6.92 Å². The van der Waals surface area contributed by atoms with Gasteiger partial charge in [0.1, 0.15) is 6.10 Å². The molecule has 80 valence electrons. The molecule has 1 aliphatic rings. The second-order valence-corrected chi connectivity index (χ2v) is 3.64. The third kappa shape index (κ3) is 2.18. The highest BCUT2D eigenvalue weighted by Gasteiger charge is 2.47. The van der Waals surface area contributed by atoms with E-state index < -0.39 is 6.10 Å². The van der Waals surface area contributed by atoms with Gasteiger partial charge in [0.2, 0.25) is 0 Å². The van der Waals surface area contributed by atoms with E-state index in [1.54, 1.807) is 6.92 Å². The monoisotopic (exact) mass is 206 g/mol. The number of aryl methyl sites for hydroxylation is 1. The summed E-state index contributed by atoms with van der Waals surface area (Å²) in [5.41, 5.74) is 2.24. The maximum Gasteiger partial charge on any atom is 0.338 e. The van der Waals surface area contributed by atoms with Crippen LogP contribution >= 0.6 is 0 Å². The van der Waals surface area contributed by atoms with Crippen molar-refractivity contribution in [3.8, 4) is 0 Å². The zero-order chi connectivity index (χ0) is 10.8. The van der Waals surface area contributed by atoms with Gasteiger partial charge in [0.05, 0.1) is 6.61 Å². The molecule has 0 bridgehead atoms. The highest BCUT2D eigenvalue weighted by Crippen LogP contribution is 2.39. The van der Waals surface area contributed by atoms with Crippen molar-refractivity contribution >= 4 is 5.97 Å². The van der Waals surface area contributed by atoms with E-state index in [0.717, 1.165) is 5.56 Å². The van der Waals surface area contributed by atoms with Gasteiger partial charge >= 0.3 is 5.97 Å². The number of ether oxygens (including phenoxy) is 2. The predicted molar refractivity (Wildman–Crippen MR) is 55.4 cm³/mol. The summed E-state index contributed by atoms with van der Waals surface area (Å²) in [7, 11) is 0. The smallest absolute Gasteiger partial charge is 0.338 e. The first-order valence-corrected chi connectivity index (χ1v) is 5.11. The largest absolute Gasteiger partial charge is 0.464 e. The number of epoxide rings is 1. The highest BCUT2D eigenvalue weighted by molar-refractivity contribution is 5.78. The summed E-state index contributed by atoms with van der Waals surface area (Å²) >= 11 is 0. The van der Waals surface area contributed by atoms with Gasteiger partial charge in [-0.25, -0.2) is 4.79 Å². The normalized spacial score (nSPS) is 23.6. The molecule has 0 N–H and O–H groups in total. The van der Waals surface area contributed by atoms with Gasteiger partial charge in [-0.2, -0.15) is 0 Å². The third-order valence-electron chi connectivity index (χ3n) is 2.42. The first kappa shape index (κ1) is 10.2. The van der Waals surface area contributed by atoms with Crippen LogP contribution in [0.3, 0.4) is 0 Å². The summed E-state index contributed by atoms with van der Waals surface area (Å²) in [5.74, 6) is -0.261. The highest BCUT2D eigenvalue weighted by atomic mass is 16.6. The Labute approximate surface area is 89.0 Å². The molecule has 3 nitrogen and oxygen atoms in total. The van der Waals surface area contributed by atoms with Crippen molar-refractivity contribution in [2.75, 3.05) is 6.61 Å². The number of esters is 1. The molecular weight excluding hydrogens is 192 g/mol. The number of hydrogen-bond donors (Lipinski definition) is 0. The molecule has 1 heterocycles. The quantitative estimate of drug-likeness (QED) is 0.561. The molecule has 3 heteroatoms. The topological polar surface area (TPSA) is 38.8 Å². The van der Waals surface area contributed by atoms with E-state index >= 15 is 0 Å².